The average Bonchev–Trinajstić information content (AvgIpc) is 3.07. The molecule has 3 rings (SSSR count). The smallest absolute Gasteiger partial charge is 0.408 e. The average molecular weight is 482 g/mol. The van der Waals surface area contributed by atoms with Gasteiger partial charge >= 0.3 is 6.09 Å². The number of thiazole rings is 1. The van der Waals surface area contributed by atoms with Crippen molar-refractivity contribution in [3.8, 4) is 0 Å². The zero-order valence-corrected chi connectivity index (χ0v) is 19.0. The molecule has 1 saturated heterocycles. The van der Waals surface area contributed by atoms with Gasteiger partial charge in [0.2, 0.25) is 0 Å². The number of aromatic nitrogens is 2. The summed E-state index contributed by atoms with van der Waals surface area (Å²) in [6.45, 7) is 7.06. The molecule has 8 nitrogen and oxygen atoms in total. The fourth-order valence-corrected chi connectivity index (χ4v) is 4.67. The van der Waals surface area contributed by atoms with Gasteiger partial charge in [0.1, 0.15) is 5.69 Å². The van der Waals surface area contributed by atoms with Gasteiger partial charge in [-0.2, -0.15) is 0 Å². The Labute approximate surface area is 182 Å². The number of piperidine rings is 1. The Morgan fingerprint density at radius 1 is 1.41 bits per heavy atom. The van der Waals surface area contributed by atoms with E-state index in [1.807, 2.05) is 26.8 Å². The molecule has 1 fully saturated rings. The molecule has 0 saturated carbocycles. The maximum atomic E-state index is 12.5. The minimum atomic E-state index is -0.915. The summed E-state index contributed by atoms with van der Waals surface area (Å²) in [5.41, 5.74) is 1.25. The van der Waals surface area contributed by atoms with E-state index in [0.29, 0.717) is 21.8 Å². The van der Waals surface area contributed by atoms with E-state index in [-0.39, 0.29) is 11.9 Å². The highest BCUT2D eigenvalue weighted by Gasteiger charge is 2.36. The van der Waals surface area contributed by atoms with Crippen LogP contribution in [0.25, 0.3) is 0 Å². The summed E-state index contributed by atoms with van der Waals surface area (Å²) in [7, 11) is 0. The summed E-state index contributed by atoms with van der Waals surface area (Å²) >= 11 is 4.61. The van der Waals surface area contributed by atoms with Crippen molar-refractivity contribution in [1.29, 1.82) is 0 Å². The lowest BCUT2D eigenvalue weighted by molar-refractivity contribution is 0.0648. The Kier molecular flexibility index (Phi) is 6.42. The molecule has 1 unspecified atom stereocenters. The highest BCUT2D eigenvalue weighted by atomic mass is 79.9. The van der Waals surface area contributed by atoms with Gasteiger partial charge in [-0.1, -0.05) is 0 Å². The largest absolute Gasteiger partial charge is 0.465 e. The minimum absolute atomic E-state index is 0.132. The van der Waals surface area contributed by atoms with Crippen LogP contribution in [0.15, 0.2) is 27.8 Å². The first-order valence-electron chi connectivity index (χ1n) is 9.30. The van der Waals surface area contributed by atoms with Crippen molar-refractivity contribution in [3.05, 3.63) is 33.5 Å². The Morgan fingerprint density at radius 3 is 2.79 bits per heavy atom. The van der Waals surface area contributed by atoms with Crippen molar-refractivity contribution in [2.45, 2.75) is 45.2 Å². The number of hydrogen-bond acceptors (Lipinski definition) is 6. The maximum Gasteiger partial charge on any atom is 0.408 e. The molecular weight excluding hydrogens is 458 g/mol. The fraction of sp³-hybridized carbons (Fsp3) is 0.474. The molecule has 0 radical (unpaired) electrons. The van der Waals surface area contributed by atoms with Gasteiger partial charge in [-0.15, -0.1) is 11.3 Å². The van der Waals surface area contributed by atoms with Crippen LogP contribution in [-0.2, 0) is 0 Å². The summed E-state index contributed by atoms with van der Waals surface area (Å²) in [5, 5.41) is 14.3. The van der Waals surface area contributed by atoms with Crippen molar-refractivity contribution >= 4 is 50.6 Å². The Balaban J connectivity index is 1.81. The summed E-state index contributed by atoms with van der Waals surface area (Å²) in [4.78, 5) is 36.4. The summed E-state index contributed by atoms with van der Waals surface area (Å²) in [6, 6.07) is 1.71. The molecule has 1 aliphatic rings. The first kappa shape index (κ1) is 21.5. The number of hydrogen-bond donors (Lipinski definition) is 2. The van der Waals surface area contributed by atoms with Crippen LogP contribution >= 0.6 is 27.3 Å². The van der Waals surface area contributed by atoms with Crippen molar-refractivity contribution < 1.29 is 14.7 Å². The third-order valence-corrected chi connectivity index (χ3v) is 6.15. The van der Waals surface area contributed by atoms with Crippen LogP contribution in [0.4, 0.5) is 16.2 Å². The van der Waals surface area contributed by atoms with Gasteiger partial charge in [-0.25, -0.2) is 9.78 Å². The highest BCUT2D eigenvalue weighted by Crippen LogP contribution is 2.31. The second-order valence-electron chi connectivity index (χ2n) is 7.90. The quantitative estimate of drug-likeness (QED) is 0.675. The van der Waals surface area contributed by atoms with Gasteiger partial charge in [0, 0.05) is 30.2 Å². The molecule has 3 heterocycles. The van der Waals surface area contributed by atoms with Gasteiger partial charge < -0.3 is 15.3 Å². The maximum absolute atomic E-state index is 12.5. The van der Waals surface area contributed by atoms with Gasteiger partial charge in [-0.3, -0.25) is 14.7 Å². The van der Waals surface area contributed by atoms with Gasteiger partial charge in [0.15, 0.2) is 3.92 Å². The topological polar surface area (TPSA) is 98.7 Å². The third kappa shape index (κ3) is 5.05. The van der Waals surface area contributed by atoms with Crippen LogP contribution in [0.2, 0.25) is 0 Å². The zero-order chi connectivity index (χ0) is 21.2. The minimum Gasteiger partial charge on any atom is -0.465 e. The number of carbonyl (C=O) groups excluding carboxylic acids is 1. The number of nitrogens with one attached hydrogen (secondary N) is 1. The van der Waals surface area contributed by atoms with Crippen LogP contribution in [-0.4, -0.2) is 56.6 Å². The molecule has 2 N–H and O–H groups in total. The fourth-order valence-electron chi connectivity index (χ4n) is 3.68. The van der Waals surface area contributed by atoms with Crippen molar-refractivity contribution in [2.75, 3.05) is 23.3 Å². The molecule has 10 heteroatoms. The number of rotatable bonds is 4. The van der Waals surface area contributed by atoms with E-state index < -0.39 is 11.6 Å². The molecule has 0 aromatic carbocycles. The summed E-state index contributed by atoms with van der Waals surface area (Å²) in [5.74, 6) is -0.309. The van der Waals surface area contributed by atoms with Crippen LogP contribution in [0.5, 0.6) is 0 Å². The molecule has 0 bridgehead atoms. The highest BCUT2D eigenvalue weighted by molar-refractivity contribution is 9.11. The second-order valence-corrected chi connectivity index (χ2v) is 10.0. The molecule has 0 spiro atoms. The zero-order valence-electron chi connectivity index (χ0n) is 16.6. The van der Waals surface area contributed by atoms with E-state index in [4.69, 9.17) is 0 Å². The van der Waals surface area contributed by atoms with Crippen molar-refractivity contribution in [2.24, 2.45) is 0 Å². The first-order chi connectivity index (χ1) is 13.7. The number of amides is 2. The normalized spacial score (nSPS) is 17.1. The van der Waals surface area contributed by atoms with Crippen molar-refractivity contribution in [3.63, 3.8) is 0 Å². The molecule has 2 aromatic rings. The van der Waals surface area contributed by atoms with Crippen LogP contribution in [0, 0.1) is 0 Å². The molecule has 1 aliphatic heterocycles. The Bertz CT molecular complexity index is 898. The lowest BCUT2D eigenvalue weighted by Gasteiger charge is -2.45. The molecule has 1 atom stereocenters. The monoisotopic (exact) mass is 481 g/mol. The van der Waals surface area contributed by atoms with Gasteiger partial charge in [-0.05, 0) is 55.6 Å². The predicted molar refractivity (Wildman–Crippen MR) is 117 cm³/mol. The summed E-state index contributed by atoms with van der Waals surface area (Å²) < 4.78 is 0.642. The lowest BCUT2D eigenvalue weighted by Crippen LogP contribution is -2.56. The standard InChI is InChI=1S/C19H24BrN5O3S/c1-19(2,3)25(18(27)28)12-5-4-8-24(10-12)15-6-7-21-9-13(15)22-16(26)14-11-29-17(20)23-14/h6-7,9,11-12H,4-5,8,10H2,1-3H3,(H,22,26)(H,27,28). The number of carboxylic acid groups (broad SMARTS) is 1. The number of pyridine rings is 1. The van der Waals surface area contributed by atoms with E-state index in [9.17, 15) is 14.7 Å². The van der Waals surface area contributed by atoms with Gasteiger partial charge in [0.25, 0.3) is 5.91 Å². The number of carbonyl (C=O) groups is 2. The molecule has 156 valence electrons. The van der Waals surface area contributed by atoms with E-state index >= 15 is 0 Å². The van der Waals surface area contributed by atoms with Gasteiger partial charge in [0.05, 0.1) is 23.6 Å². The van der Waals surface area contributed by atoms with Crippen LogP contribution in [0.3, 0.4) is 0 Å². The van der Waals surface area contributed by atoms with Crippen LogP contribution < -0.4 is 10.2 Å². The molecule has 2 aromatic heterocycles. The Hall–Kier alpha value is -2.20. The van der Waals surface area contributed by atoms with E-state index in [1.54, 1.807) is 17.8 Å². The predicted octanol–water partition coefficient (Wildman–Crippen LogP) is 4.30. The molecule has 29 heavy (non-hydrogen) atoms. The molecular formula is C19H24BrN5O3S. The SMILES string of the molecule is CC(C)(C)N(C(=O)O)C1CCCN(c2ccncc2NC(=O)c2csc(Br)n2)C1. The third-order valence-electron chi connectivity index (χ3n) is 4.79. The van der Waals surface area contributed by atoms with Crippen molar-refractivity contribution in [1.82, 2.24) is 14.9 Å². The summed E-state index contributed by atoms with van der Waals surface area (Å²) in [6.07, 6.45) is 4.03. The van der Waals surface area contributed by atoms with E-state index in [1.165, 1.54) is 16.2 Å². The second kappa shape index (κ2) is 8.66. The van der Waals surface area contributed by atoms with E-state index in [2.05, 4.69) is 36.1 Å². The molecule has 0 aliphatic carbocycles. The number of anilines is 2. The molecule has 2 amide bonds. The first-order valence-corrected chi connectivity index (χ1v) is 11.0. The Morgan fingerprint density at radius 2 is 2.17 bits per heavy atom. The van der Waals surface area contributed by atoms with E-state index in [0.717, 1.165) is 25.1 Å². The number of halogens is 1. The van der Waals surface area contributed by atoms with Crippen LogP contribution in [0.1, 0.15) is 44.1 Å². The lowest BCUT2D eigenvalue weighted by atomic mass is 9.97. The number of nitrogens with zero attached hydrogens (tertiary/aromatic N) is 4.